The molecule has 2 heterocycles. The minimum atomic E-state index is 0.0767. The highest BCUT2D eigenvalue weighted by Crippen LogP contribution is 2.35. The lowest BCUT2D eigenvalue weighted by molar-refractivity contribution is -0.129. The summed E-state index contributed by atoms with van der Waals surface area (Å²) < 4.78 is 1.19. The van der Waals surface area contributed by atoms with E-state index in [1.807, 2.05) is 59.5 Å². The topological polar surface area (TPSA) is 33.2 Å². The molecule has 2 aromatic carbocycles. The molecule has 0 N–H and O–H groups in total. The quantitative estimate of drug-likeness (QED) is 0.620. The molecule has 1 aliphatic rings. The summed E-state index contributed by atoms with van der Waals surface area (Å²) in [6, 6.07) is 18.2. The normalized spacial score (nSPS) is 18.1. The molecule has 25 heavy (non-hydrogen) atoms. The van der Waals surface area contributed by atoms with Crippen LogP contribution in [0.15, 0.2) is 60.7 Å². The molecule has 4 rings (SSSR count). The molecule has 3 nitrogen and oxygen atoms in total. The highest BCUT2D eigenvalue weighted by atomic mass is 32.1. The van der Waals surface area contributed by atoms with Crippen LogP contribution in [0.4, 0.5) is 0 Å². The molecule has 0 aliphatic carbocycles. The van der Waals surface area contributed by atoms with Gasteiger partial charge in [-0.1, -0.05) is 42.5 Å². The molecular formula is C21H20N2OS. The second kappa shape index (κ2) is 7.19. The number of thiazole rings is 1. The van der Waals surface area contributed by atoms with Gasteiger partial charge in [0.25, 0.3) is 0 Å². The minimum Gasteiger partial charge on any atom is -0.330 e. The molecule has 0 spiro atoms. The number of carbonyl (C=O) groups excluding carboxylic acids is 1. The predicted molar refractivity (Wildman–Crippen MR) is 103 cm³/mol. The summed E-state index contributed by atoms with van der Waals surface area (Å²) in [5.74, 6) is 0.0767. The third kappa shape index (κ3) is 3.49. The third-order valence-corrected chi connectivity index (χ3v) is 5.74. The van der Waals surface area contributed by atoms with Gasteiger partial charge in [-0.2, -0.15) is 0 Å². The first-order valence-electron chi connectivity index (χ1n) is 8.70. The summed E-state index contributed by atoms with van der Waals surface area (Å²) >= 11 is 1.71. The number of fused-ring (bicyclic) bond motifs is 1. The Morgan fingerprint density at radius 2 is 1.88 bits per heavy atom. The summed E-state index contributed by atoms with van der Waals surface area (Å²) in [7, 11) is 0. The standard InChI is InChI=1S/C21H20N2OS/c24-20(14-13-16-8-2-1-3-9-16)23-15-7-6-11-18(23)21-22-17-10-4-5-12-19(17)25-21/h1-5,8-10,12-14,18H,6-7,11,15H2. The zero-order valence-electron chi connectivity index (χ0n) is 14.0. The number of benzene rings is 2. The fraction of sp³-hybridized carbons (Fsp3) is 0.238. The maximum atomic E-state index is 12.8. The second-order valence-corrected chi connectivity index (χ2v) is 7.37. The van der Waals surface area contributed by atoms with E-state index >= 15 is 0 Å². The average Bonchev–Trinajstić information content (AvgIpc) is 3.11. The van der Waals surface area contributed by atoms with Crippen LogP contribution in [0.1, 0.15) is 35.9 Å². The summed E-state index contributed by atoms with van der Waals surface area (Å²) in [6.45, 7) is 0.804. The summed E-state index contributed by atoms with van der Waals surface area (Å²) in [6.07, 6.45) is 6.79. The molecule has 3 aromatic rings. The molecule has 4 heteroatoms. The Kier molecular flexibility index (Phi) is 4.61. The average molecular weight is 348 g/mol. The van der Waals surface area contributed by atoms with Crippen molar-refractivity contribution in [1.82, 2.24) is 9.88 Å². The summed E-state index contributed by atoms with van der Waals surface area (Å²) in [5, 5.41) is 1.06. The van der Waals surface area contributed by atoms with E-state index in [2.05, 4.69) is 6.07 Å². The molecular weight excluding hydrogens is 328 g/mol. The van der Waals surface area contributed by atoms with Crippen LogP contribution in [-0.2, 0) is 4.79 Å². The first-order valence-corrected chi connectivity index (χ1v) is 9.52. The maximum absolute atomic E-state index is 12.8. The van der Waals surface area contributed by atoms with Gasteiger partial charge in [0.15, 0.2) is 0 Å². The smallest absolute Gasteiger partial charge is 0.247 e. The number of para-hydroxylation sites is 1. The Balaban J connectivity index is 1.58. The van der Waals surface area contributed by atoms with Gasteiger partial charge in [0.1, 0.15) is 5.01 Å². The van der Waals surface area contributed by atoms with E-state index in [1.165, 1.54) is 4.70 Å². The van der Waals surface area contributed by atoms with Gasteiger partial charge in [-0.3, -0.25) is 4.79 Å². The number of hydrogen-bond acceptors (Lipinski definition) is 3. The Morgan fingerprint density at radius 3 is 2.72 bits per heavy atom. The SMILES string of the molecule is O=C(C=Cc1ccccc1)N1CCCCC1c1nc2ccccc2s1. The molecule has 1 aromatic heterocycles. The predicted octanol–water partition coefficient (Wildman–Crippen LogP) is 5.06. The van der Waals surface area contributed by atoms with Crippen molar-refractivity contribution in [3.63, 3.8) is 0 Å². The number of hydrogen-bond donors (Lipinski definition) is 0. The van der Waals surface area contributed by atoms with Crippen molar-refractivity contribution in [2.24, 2.45) is 0 Å². The monoisotopic (exact) mass is 348 g/mol. The lowest BCUT2D eigenvalue weighted by atomic mass is 10.0. The number of likely N-dealkylation sites (tertiary alicyclic amines) is 1. The van der Waals surface area contributed by atoms with Crippen molar-refractivity contribution in [3.05, 3.63) is 71.2 Å². The van der Waals surface area contributed by atoms with Crippen LogP contribution >= 0.6 is 11.3 Å². The number of amides is 1. The fourth-order valence-corrected chi connectivity index (χ4v) is 4.43. The van der Waals surface area contributed by atoms with Crippen molar-refractivity contribution in [2.75, 3.05) is 6.54 Å². The van der Waals surface area contributed by atoms with Crippen molar-refractivity contribution in [3.8, 4) is 0 Å². The van der Waals surface area contributed by atoms with Gasteiger partial charge in [0, 0.05) is 12.6 Å². The minimum absolute atomic E-state index is 0.0767. The lowest BCUT2D eigenvalue weighted by Crippen LogP contribution is -2.37. The van der Waals surface area contributed by atoms with Crippen molar-refractivity contribution < 1.29 is 4.79 Å². The molecule has 1 saturated heterocycles. The van der Waals surface area contributed by atoms with Gasteiger partial charge in [-0.05, 0) is 43.0 Å². The van der Waals surface area contributed by atoms with Gasteiger partial charge < -0.3 is 4.90 Å². The zero-order valence-corrected chi connectivity index (χ0v) is 14.8. The highest BCUT2D eigenvalue weighted by molar-refractivity contribution is 7.18. The Labute approximate surface area is 151 Å². The molecule has 1 amide bonds. The van der Waals surface area contributed by atoms with Gasteiger partial charge in [-0.15, -0.1) is 11.3 Å². The number of carbonyl (C=O) groups is 1. The van der Waals surface area contributed by atoms with Crippen LogP contribution in [0.25, 0.3) is 16.3 Å². The van der Waals surface area contributed by atoms with Gasteiger partial charge in [-0.25, -0.2) is 4.98 Å². The summed E-state index contributed by atoms with van der Waals surface area (Å²) in [5.41, 5.74) is 2.07. The molecule has 1 fully saturated rings. The number of nitrogens with zero attached hydrogens (tertiary/aromatic N) is 2. The van der Waals surface area contributed by atoms with E-state index in [4.69, 9.17) is 4.98 Å². The Bertz CT molecular complexity index is 867. The van der Waals surface area contributed by atoms with Crippen LogP contribution in [0.3, 0.4) is 0 Å². The van der Waals surface area contributed by atoms with Crippen LogP contribution in [0.5, 0.6) is 0 Å². The molecule has 1 aliphatic heterocycles. The van der Waals surface area contributed by atoms with Crippen molar-refractivity contribution in [1.29, 1.82) is 0 Å². The molecule has 0 bridgehead atoms. The van der Waals surface area contributed by atoms with Crippen molar-refractivity contribution in [2.45, 2.75) is 25.3 Å². The van der Waals surface area contributed by atoms with Crippen molar-refractivity contribution >= 4 is 33.5 Å². The van der Waals surface area contributed by atoms with E-state index in [0.717, 1.165) is 41.9 Å². The maximum Gasteiger partial charge on any atom is 0.247 e. The number of aromatic nitrogens is 1. The number of rotatable bonds is 3. The van der Waals surface area contributed by atoms with E-state index in [9.17, 15) is 4.79 Å². The largest absolute Gasteiger partial charge is 0.330 e. The van der Waals surface area contributed by atoms with Gasteiger partial charge in [0.2, 0.25) is 5.91 Å². The Hall–Kier alpha value is -2.46. The van der Waals surface area contributed by atoms with E-state index in [1.54, 1.807) is 17.4 Å². The van der Waals surface area contributed by atoms with Crippen LogP contribution in [-0.4, -0.2) is 22.3 Å². The second-order valence-electron chi connectivity index (χ2n) is 6.31. The molecule has 0 radical (unpaired) electrons. The van der Waals surface area contributed by atoms with E-state index in [0.29, 0.717) is 0 Å². The lowest BCUT2D eigenvalue weighted by Gasteiger charge is -2.33. The number of piperidine rings is 1. The van der Waals surface area contributed by atoms with Gasteiger partial charge >= 0.3 is 0 Å². The van der Waals surface area contributed by atoms with E-state index in [-0.39, 0.29) is 11.9 Å². The fourth-order valence-electron chi connectivity index (χ4n) is 3.31. The zero-order chi connectivity index (χ0) is 17.1. The highest BCUT2D eigenvalue weighted by Gasteiger charge is 2.29. The van der Waals surface area contributed by atoms with Crippen LogP contribution < -0.4 is 0 Å². The van der Waals surface area contributed by atoms with Gasteiger partial charge in [0.05, 0.1) is 16.3 Å². The molecule has 126 valence electrons. The Morgan fingerprint density at radius 1 is 1.08 bits per heavy atom. The first kappa shape index (κ1) is 16.0. The van der Waals surface area contributed by atoms with Crippen LogP contribution in [0.2, 0.25) is 0 Å². The first-order chi connectivity index (χ1) is 12.3. The van der Waals surface area contributed by atoms with Crippen LogP contribution in [0, 0.1) is 0 Å². The third-order valence-electron chi connectivity index (χ3n) is 4.60. The van der Waals surface area contributed by atoms with E-state index < -0.39 is 0 Å². The molecule has 1 unspecified atom stereocenters. The molecule has 0 saturated carbocycles. The molecule has 1 atom stereocenters. The summed E-state index contributed by atoms with van der Waals surface area (Å²) in [4.78, 5) is 19.6.